The molecule has 0 saturated carbocycles. The lowest BCUT2D eigenvalue weighted by molar-refractivity contribution is -0.137. The van der Waals surface area contributed by atoms with Crippen LogP contribution in [0.25, 0.3) is 0 Å². The number of ether oxygens (including phenoxy) is 1. The summed E-state index contributed by atoms with van der Waals surface area (Å²) in [5.74, 6) is -0.592. The van der Waals surface area contributed by atoms with Crippen molar-refractivity contribution in [1.29, 1.82) is 0 Å². The van der Waals surface area contributed by atoms with E-state index in [4.69, 9.17) is 9.84 Å². The van der Waals surface area contributed by atoms with Gasteiger partial charge in [0.05, 0.1) is 13.2 Å². The number of carboxylic acid groups (broad SMARTS) is 1. The van der Waals surface area contributed by atoms with E-state index in [1.54, 1.807) is 0 Å². The van der Waals surface area contributed by atoms with Gasteiger partial charge in [-0.2, -0.15) is 5.10 Å². The van der Waals surface area contributed by atoms with Crippen molar-refractivity contribution in [2.75, 3.05) is 6.61 Å². The quantitative estimate of drug-likeness (QED) is 0.637. The zero-order valence-corrected chi connectivity index (χ0v) is 7.34. The number of rotatable bonds is 2. The van der Waals surface area contributed by atoms with Gasteiger partial charge in [-0.25, -0.2) is 9.48 Å². The first-order valence-corrected chi connectivity index (χ1v) is 4.14. The molecule has 0 radical (unpaired) electrons. The number of aliphatic carboxylic acids is 1. The Labute approximate surface area is 78.5 Å². The van der Waals surface area contributed by atoms with E-state index in [-0.39, 0.29) is 12.3 Å². The normalized spacial score (nSPS) is 15.1. The Morgan fingerprint density at radius 2 is 2.43 bits per heavy atom. The predicted molar refractivity (Wildman–Crippen MR) is 43.8 cm³/mol. The minimum absolute atomic E-state index is 0.266. The van der Waals surface area contributed by atoms with E-state index < -0.39 is 12.5 Å². The Bertz CT molecular complexity index is 419. The van der Waals surface area contributed by atoms with Gasteiger partial charge in [-0.15, -0.1) is 0 Å². The minimum atomic E-state index is -1.08. The summed E-state index contributed by atoms with van der Waals surface area (Å²) >= 11 is 0. The summed E-state index contributed by atoms with van der Waals surface area (Å²) in [5.41, 5.74) is -0.384. The van der Waals surface area contributed by atoms with E-state index in [1.165, 1.54) is 4.57 Å². The molecular weight excluding hydrogens is 190 g/mol. The van der Waals surface area contributed by atoms with Crippen LogP contribution in [0.15, 0.2) is 4.79 Å². The van der Waals surface area contributed by atoms with Crippen LogP contribution in [0.4, 0.5) is 0 Å². The Kier molecular flexibility index (Phi) is 2.08. The monoisotopic (exact) mass is 199 g/mol. The Balaban J connectivity index is 2.38. The highest BCUT2D eigenvalue weighted by atomic mass is 16.5. The van der Waals surface area contributed by atoms with Crippen LogP contribution >= 0.6 is 0 Å². The van der Waals surface area contributed by atoms with Crippen LogP contribution in [0, 0.1) is 0 Å². The van der Waals surface area contributed by atoms with Crippen LogP contribution in [-0.4, -0.2) is 32.0 Å². The second-order valence-corrected chi connectivity index (χ2v) is 2.95. The van der Waals surface area contributed by atoms with Gasteiger partial charge in [-0.3, -0.25) is 9.36 Å². The molecule has 1 aliphatic rings. The number of aromatic nitrogens is 3. The van der Waals surface area contributed by atoms with Gasteiger partial charge in [0.1, 0.15) is 13.2 Å². The zero-order chi connectivity index (χ0) is 10.1. The molecule has 1 aliphatic heterocycles. The maximum atomic E-state index is 11.5. The van der Waals surface area contributed by atoms with Crippen LogP contribution in [0.3, 0.4) is 0 Å². The molecule has 7 heteroatoms. The minimum Gasteiger partial charge on any atom is -0.480 e. The van der Waals surface area contributed by atoms with Gasteiger partial charge < -0.3 is 9.84 Å². The van der Waals surface area contributed by atoms with Crippen molar-refractivity contribution < 1.29 is 14.6 Å². The number of hydrogen-bond donors (Lipinski definition) is 1. The molecule has 0 amide bonds. The van der Waals surface area contributed by atoms with Crippen LogP contribution in [0.5, 0.6) is 0 Å². The van der Waals surface area contributed by atoms with Crippen molar-refractivity contribution in [2.24, 2.45) is 0 Å². The number of carbonyl (C=O) groups is 1. The molecule has 1 aromatic rings. The largest absolute Gasteiger partial charge is 0.480 e. The van der Waals surface area contributed by atoms with Gasteiger partial charge in [0.2, 0.25) is 0 Å². The molecule has 2 rings (SSSR count). The molecule has 1 N–H and O–H groups in total. The summed E-state index contributed by atoms with van der Waals surface area (Å²) in [7, 11) is 0. The van der Waals surface area contributed by atoms with Crippen LogP contribution in [0.1, 0.15) is 5.82 Å². The number of nitrogens with zero attached hydrogens (tertiary/aromatic N) is 3. The smallest absolute Gasteiger partial charge is 0.346 e. The molecule has 0 unspecified atom stereocenters. The van der Waals surface area contributed by atoms with Gasteiger partial charge in [-0.05, 0) is 0 Å². The molecule has 14 heavy (non-hydrogen) atoms. The second kappa shape index (κ2) is 3.26. The Morgan fingerprint density at radius 1 is 1.64 bits per heavy atom. The highest BCUT2D eigenvalue weighted by Crippen LogP contribution is 2.02. The van der Waals surface area contributed by atoms with E-state index in [2.05, 4.69) is 5.10 Å². The van der Waals surface area contributed by atoms with Gasteiger partial charge >= 0.3 is 11.7 Å². The van der Waals surface area contributed by atoms with Crippen molar-refractivity contribution in [3.05, 3.63) is 16.3 Å². The van der Waals surface area contributed by atoms with E-state index >= 15 is 0 Å². The molecule has 0 aliphatic carbocycles. The molecular formula is C7H9N3O4. The lowest BCUT2D eigenvalue weighted by atomic mass is 10.5. The van der Waals surface area contributed by atoms with E-state index in [9.17, 15) is 9.59 Å². The summed E-state index contributed by atoms with van der Waals surface area (Å²) in [6.45, 7) is 0.764. The molecule has 0 aromatic carbocycles. The second-order valence-electron chi connectivity index (χ2n) is 2.95. The van der Waals surface area contributed by atoms with Gasteiger partial charge in [-0.1, -0.05) is 0 Å². The third-order valence-corrected chi connectivity index (χ3v) is 1.97. The average Bonchev–Trinajstić information content (AvgIpc) is 2.44. The summed E-state index contributed by atoms with van der Waals surface area (Å²) in [5, 5.41) is 12.4. The fourth-order valence-corrected chi connectivity index (χ4v) is 1.37. The van der Waals surface area contributed by atoms with Gasteiger partial charge in [0.25, 0.3) is 0 Å². The summed E-state index contributed by atoms with van der Waals surface area (Å²) < 4.78 is 7.46. The maximum Gasteiger partial charge on any atom is 0.346 e. The predicted octanol–water partition coefficient (Wildman–Crippen LogP) is -1.34. The first-order chi connectivity index (χ1) is 6.68. The highest BCUT2D eigenvalue weighted by Gasteiger charge is 2.17. The number of fused-ring (bicyclic) bond motifs is 1. The summed E-state index contributed by atoms with van der Waals surface area (Å²) in [6.07, 6.45) is 0. The molecule has 76 valence electrons. The van der Waals surface area contributed by atoms with Crippen LogP contribution in [-0.2, 0) is 29.2 Å². The summed E-state index contributed by atoms with van der Waals surface area (Å²) in [6, 6.07) is 0. The maximum absolute atomic E-state index is 11.5. The Morgan fingerprint density at radius 3 is 3.07 bits per heavy atom. The van der Waals surface area contributed by atoms with Crippen LogP contribution < -0.4 is 5.69 Å². The molecule has 1 aromatic heterocycles. The van der Waals surface area contributed by atoms with Crippen molar-refractivity contribution in [3.63, 3.8) is 0 Å². The Hall–Kier alpha value is -1.63. The van der Waals surface area contributed by atoms with Crippen molar-refractivity contribution >= 4 is 5.97 Å². The van der Waals surface area contributed by atoms with Crippen molar-refractivity contribution in [3.8, 4) is 0 Å². The first-order valence-electron chi connectivity index (χ1n) is 4.14. The molecule has 0 bridgehead atoms. The van der Waals surface area contributed by atoms with E-state index in [1.807, 2.05) is 0 Å². The van der Waals surface area contributed by atoms with Crippen molar-refractivity contribution in [2.45, 2.75) is 19.7 Å². The van der Waals surface area contributed by atoms with Crippen molar-refractivity contribution in [1.82, 2.24) is 14.3 Å². The molecule has 0 spiro atoms. The fourth-order valence-electron chi connectivity index (χ4n) is 1.37. The lowest BCUT2D eigenvalue weighted by Gasteiger charge is -2.11. The fraction of sp³-hybridized carbons (Fsp3) is 0.571. The molecule has 7 nitrogen and oxygen atoms in total. The van der Waals surface area contributed by atoms with E-state index in [0.717, 1.165) is 4.68 Å². The van der Waals surface area contributed by atoms with Gasteiger partial charge in [0.15, 0.2) is 5.82 Å². The zero-order valence-electron chi connectivity index (χ0n) is 7.34. The lowest BCUT2D eigenvalue weighted by Crippen LogP contribution is -2.30. The third-order valence-electron chi connectivity index (χ3n) is 1.97. The summed E-state index contributed by atoms with van der Waals surface area (Å²) in [4.78, 5) is 21.9. The standard InChI is InChI=1S/C7H9N3O4/c11-6(12)3-10-7(13)9-1-2-14-4-5(9)8-10/h1-4H2,(H,11,12). The number of hydrogen-bond acceptors (Lipinski definition) is 4. The number of carboxylic acids is 1. The first kappa shape index (κ1) is 8.95. The molecule has 0 fully saturated rings. The SMILES string of the molecule is O=C(O)Cn1nc2n(c1=O)CCOC2. The van der Waals surface area contributed by atoms with Gasteiger partial charge in [0, 0.05) is 0 Å². The average molecular weight is 199 g/mol. The van der Waals surface area contributed by atoms with E-state index in [0.29, 0.717) is 19.0 Å². The topological polar surface area (TPSA) is 86.4 Å². The van der Waals surface area contributed by atoms with Crippen LogP contribution in [0.2, 0.25) is 0 Å². The molecule has 0 saturated heterocycles. The molecule has 0 atom stereocenters. The third kappa shape index (κ3) is 1.41. The molecule has 2 heterocycles. The highest BCUT2D eigenvalue weighted by molar-refractivity contribution is 5.66.